The van der Waals surface area contributed by atoms with Gasteiger partial charge in [-0.2, -0.15) is 5.26 Å². The van der Waals surface area contributed by atoms with Crippen molar-refractivity contribution >= 4 is 52.2 Å². The lowest BCUT2D eigenvalue weighted by Gasteiger charge is -2.38. The van der Waals surface area contributed by atoms with Crippen LogP contribution in [0, 0.1) is 17.2 Å². The summed E-state index contributed by atoms with van der Waals surface area (Å²) in [7, 11) is 3.84. The Balaban J connectivity index is 0.706. The van der Waals surface area contributed by atoms with Gasteiger partial charge in [-0.25, -0.2) is 14.6 Å². The van der Waals surface area contributed by atoms with Crippen molar-refractivity contribution in [2.45, 2.75) is 89.3 Å². The molecule has 3 fully saturated rings. The largest absolute Gasteiger partial charge is 0.490 e. The first-order valence-electron chi connectivity index (χ1n) is 24.5. The highest BCUT2D eigenvalue weighted by atomic mass is 35.5. The van der Waals surface area contributed by atoms with Gasteiger partial charge in [0.15, 0.2) is 17.1 Å². The van der Waals surface area contributed by atoms with E-state index in [0.29, 0.717) is 103 Å². The second kappa shape index (κ2) is 19.8. The summed E-state index contributed by atoms with van der Waals surface area (Å²) in [5.41, 5.74) is 2.11. The van der Waals surface area contributed by atoms with Crippen LogP contribution in [0.3, 0.4) is 0 Å². The number of nitrogens with one attached hydrogen (secondary N) is 1. The van der Waals surface area contributed by atoms with Crippen molar-refractivity contribution in [3.05, 3.63) is 103 Å². The Hall–Kier alpha value is -7.14. The number of hydrogen-bond donors (Lipinski definition) is 2. The summed E-state index contributed by atoms with van der Waals surface area (Å²) in [5.74, 6) is 0.485. The second-order valence-corrected chi connectivity index (χ2v) is 19.9. The fourth-order valence-corrected chi connectivity index (χ4v) is 10.8. The minimum absolute atomic E-state index is 0.0133. The summed E-state index contributed by atoms with van der Waals surface area (Å²) >= 11 is 6.16. The number of rotatable bonds is 10. The predicted molar refractivity (Wildman–Crippen MR) is 263 cm³/mol. The van der Waals surface area contributed by atoms with E-state index in [1.54, 1.807) is 64.9 Å². The van der Waals surface area contributed by atoms with Gasteiger partial charge in [-0.1, -0.05) is 18.5 Å². The number of fused-ring (bicyclic) bond motifs is 5. The van der Waals surface area contributed by atoms with Gasteiger partial charge in [0.25, 0.3) is 11.5 Å². The number of amides is 3. The number of pyridine rings is 2. The zero-order chi connectivity index (χ0) is 50.4. The third kappa shape index (κ3) is 9.30. The molecule has 2 aromatic carbocycles. The summed E-state index contributed by atoms with van der Waals surface area (Å²) in [6, 6.07) is 17.7. The molecule has 1 aliphatic carbocycles. The number of piperazine rings is 1. The molecule has 5 aliphatic rings. The molecule has 2 N–H and O–H groups in total. The predicted octanol–water partition coefficient (Wildman–Crippen LogP) is 5.14. The summed E-state index contributed by atoms with van der Waals surface area (Å²) in [5, 5.41) is 33.2. The fraction of sp³-hybridized carbons (Fsp3) is 0.442. The molecule has 374 valence electrons. The number of carbonyl (C=O) groups excluding carboxylic acids is 4. The van der Waals surface area contributed by atoms with Gasteiger partial charge in [-0.3, -0.25) is 14.4 Å². The number of ether oxygens (including phenoxy) is 3. The number of anilines is 1. The molecule has 3 amide bonds. The molecule has 3 aromatic heterocycles. The van der Waals surface area contributed by atoms with E-state index >= 15 is 0 Å². The number of nitrogens with zero attached hydrogens (tertiary/aromatic N) is 9. The minimum atomic E-state index is -1.93. The Morgan fingerprint density at radius 3 is 2.38 bits per heavy atom. The highest BCUT2D eigenvalue weighted by molar-refractivity contribution is 6.31. The van der Waals surface area contributed by atoms with E-state index in [-0.39, 0.29) is 71.8 Å². The number of carbonyl (C=O) groups is 4. The maximum absolute atomic E-state index is 13.8. The van der Waals surface area contributed by atoms with Gasteiger partial charge >= 0.3 is 12.1 Å². The van der Waals surface area contributed by atoms with Crippen LogP contribution in [0.25, 0.3) is 22.3 Å². The summed E-state index contributed by atoms with van der Waals surface area (Å²) in [6.45, 7) is 4.72. The van der Waals surface area contributed by atoms with Crippen molar-refractivity contribution in [2.75, 3.05) is 58.3 Å². The van der Waals surface area contributed by atoms with E-state index in [2.05, 4.69) is 20.4 Å². The molecule has 1 atom stereocenters. The van der Waals surface area contributed by atoms with Crippen molar-refractivity contribution in [1.82, 2.24) is 39.8 Å². The van der Waals surface area contributed by atoms with Gasteiger partial charge in [0.05, 0.1) is 45.7 Å². The van der Waals surface area contributed by atoms with Crippen LogP contribution in [0.4, 0.5) is 10.6 Å². The van der Waals surface area contributed by atoms with Gasteiger partial charge in [-0.15, -0.1) is 10.2 Å². The van der Waals surface area contributed by atoms with Crippen LogP contribution in [0.5, 0.6) is 11.5 Å². The number of hydrogen-bond acceptors (Lipinski definition) is 15. The van der Waals surface area contributed by atoms with E-state index in [0.717, 1.165) is 42.2 Å². The molecule has 0 spiro atoms. The lowest BCUT2D eigenvalue weighted by Crippen LogP contribution is -2.53. The van der Waals surface area contributed by atoms with Crippen molar-refractivity contribution in [3.63, 3.8) is 0 Å². The number of piperidine rings is 1. The molecule has 2 saturated heterocycles. The molecule has 4 aliphatic heterocycles. The molecule has 19 nitrogen and oxygen atoms in total. The molecule has 5 aromatic rings. The number of aromatic nitrogens is 4. The summed E-state index contributed by atoms with van der Waals surface area (Å²) in [4.78, 5) is 79.5. The van der Waals surface area contributed by atoms with Crippen molar-refractivity contribution in [2.24, 2.45) is 5.92 Å². The first kappa shape index (κ1) is 48.5. The van der Waals surface area contributed by atoms with Crippen LogP contribution in [0.15, 0.2) is 59.4 Å². The number of cyclic esters (lactones) is 1. The zero-order valence-corrected chi connectivity index (χ0v) is 41.1. The van der Waals surface area contributed by atoms with Crippen LogP contribution in [-0.4, -0.2) is 129 Å². The van der Waals surface area contributed by atoms with E-state index < -0.39 is 17.7 Å². The standard InChI is InChI=1S/C52H55ClN10O9/c1-4-52(69)39-25-43-46-32(27-63(43)49(66)38(39)29-70-50(52)67)23-36-37(28-59(2)3)44(13-11-41(36)56-46)72-51(68)62-21-19-61(20-22-62)48(65)30-15-17-60(18-16-30)45-14-12-42(57-58-45)47(64)55-33-6-9-34(10-7-33)71-35-8-5-31(26-54)40(53)24-35/h5,8,11-14,23-25,30,33-34,69H,4,6-7,9-10,15-22,27-29H2,1-3H3,(H,55,64)/t33?,34?,52-/m0/s1. The molecule has 72 heavy (non-hydrogen) atoms. The summed E-state index contributed by atoms with van der Waals surface area (Å²) < 4.78 is 19.0. The number of nitriles is 1. The van der Waals surface area contributed by atoms with E-state index in [1.807, 2.05) is 36.0 Å². The number of halogens is 1. The molecule has 0 bridgehead atoms. The normalized spacial score (nSPS) is 20.8. The summed E-state index contributed by atoms with van der Waals surface area (Å²) in [6.07, 6.45) is 3.79. The number of benzene rings is 2. The lowest BCUT2D eigenvalue weighted by atomic mass is 9.86. The molecule has 20 heteroatoms. The van der Waals surface area contributed by atoms with Crippen LogP contribution < -0.4 is 25.2 Å². The first-order valence-corrected chi connectivity index (χ1v) is 24.9. The van der Waals surface area contributed by atoms with Crippen LogP contribution >= 0.6 is 11.6 Å². The lowest BCUT2D eigenvalue weighted by molar-refractivity contribution is -0.172. The zero-order valence-electron chi connectivity index (χ0n) is 40.4. The van der Waals surface area contributed by atoms with E-state index in [1.165, 1.54) is 0 Å². The molecule has 0 unspecified atom stereocenters. The highest BCUT2D eigenvalue weighted by Gasteiger charge is 2.45. The molecular formula is C52H55ClN10O9. The smallest absolute Gasteiger partial charge is 0.415 e. The second-order valence-electron chi connectivity index (χ2n) is 19.5. The van der Waals surface area contributed by atoms with Gasteiger partial charge in [0.1, 0.15) is 24.2 Å². The van der Waals surface area contributed by atoms with Crippen molar-refractivity contribution in [3.8, 4) is 29.0 Å². The maximum Gasteiger partial charge on any atom is 0.415 e. The average Bonchev–Trinajstić information content (AvgIpc) is 3.75. The SMILES string of the molecule is CC[C@@]1(O)C(=O)OCc2c1cc1n(c2=O)Cc2cc3c(CN(C)C)c(OC(=O)N4CCN(C(=O)C5CCN(c6ccc(C(=O)NC7CCC(Oc8ccc(C#N)c(Cl)c8)CC7)nn6)CC5)CC4)ccc3nc2-1. The van der Waals surface area contributed by atoms with Gasteiger partial charge < -0.3 is 48.8 Å². The van der Waals surface area contributed by atoms with Crippen molar-refractivity contribution < 1.29 is 38.5 Å². The Morgan fingerprint density at radius 1 is 0.944 bits per heavy atom. The minimum Gasteiger partial charge on any atom is -0.490 e. The highest BCUT2D eigenvalue weighted by Crippen LogP contribution is 2.40. The monoisotopic (exact) mass is 998 g/mol. The Labute approximate surface area is 420 Å². The molecule has 10 rings (SSSR count). The topological polar surface area (TPSA) is 226 Å². The van der Waals surface area contributed by atoms with Gasteiger partial charge in [0, 0.05) is 85.9 Å². The number of aliphatic hydroxyl groups is 1. The fourth-order valence-electron chi connectivity index (χ4n) is 10.6. The van der Waals surface area contributed by atoms with Crippen molar-refractivity contribution in [1.29, 1.82) is 5.26 Å². The van der Waals surface area contributed by atoms with E-state index in [4.69, 9.17) is 36.1 Å². The molecule has 1 saturated carbocycles. The van der Waals surface area contributed by atoms with Gasteiger partial charge in [0.2, 0.25) is 5.91 Å². The Morgan fingerprint density at radius 2 is 1.69 bits per heavy atom. The van der Waals surface area contributed by atoms with Crippen LogP contribution in [-0.2, 0) is 39.6 Å². The Kier molecular flexibility index (Phi) is 13.3. The first-order chi connectivity index (χ1) is 34.7. The van der Waals surface area contributed by atoms with Crippen LogP contribution in [0.1, 0.15) is 90.2 Å². The third-order valence-electron chi connectivity index (χ3n) is 14.7. The maximum atomic E-state index is 13.8. The van der Waals surface area contributed by atoms with Crippen LogP contribution in [0.2, 0.25) is 5.02 Å². The number of esters is 1. The third-order valence-corrected chi connectivity index (χ3v) is 15.0. The van der Waals surface area contributed by atoms with Gasteiger partial charge in [-0.05, 0) is 108 Å². The average molecular weight is 1000 g/mol. The molecule has 7 heterocycles. The molecule has 0 radical (unpaired) electrons. The molecular weight excluding hydrogens is 944 g/mol. The quantitative estimate of drug-likeness (QED) is 0.170. The van der Waals surface area contributed by atoms with E-state index in [9.17, 15) is 29.1 Å². The Bertz CT molecular complexity index is 3080.